The third-order valence-electron chi connectivity index (χ3n) is 3.56. The SMILES string of the molecule is COCC1(CNc2cc(C)ncn2)CCNCC1. The third kappa shape index (κ3) is 3.40. The highest BCUT2D eigenvalue weighted by molar-refractivity contribution is 5.34. The maximum absolute atomic E-state index is 5.40. The lowest BCUT2D eigenvalue weighted by molar-refractivity contribution is 0.0635. The number of nitrogens with one attached hydrogen (secondary N) is 2. The Bertz CT molecular complexity index is 371. The van der Waals surface area contributed by atoms with Crippen molar-refractivity contribution < 1.29 is 4.74 Å². The molecule has 0 aromatic carbocycles. The normalized spacial score (nSPS) is 18.6. The predicted octanol–water partition coefficient (Wildman–Crippen LogP) is 1.21. The van der Waals surface area contributed by atoms with Gasteiger partial charge in [-0.1, -0.05) is 0 Å². The molecule has 2 N–H and O–H groups in total. The zero-order valence-electron chi connectivity index (χ0n) is 11.2. The van der Waals surface area contributed by atoms with Gasteiger partial charge >= 0.3 is 0 Å². The molecular formula is C13H22N4O. The number of anilines is 1. The second-order valence-corrected chi connectivity index (χ2v) is 5.08. The molecule has 0 bridgehead atoms. The molecule has 2 heterocycles. The molecule has 1 fully saturated rings. The summed E-state index contributed by atoms with van der Waals surface area (Å²) >= 11 is 0. The van der Waals surface area contributed by atoms with Gasteiger partial charge in [0.1, 0.15) is 12.1 Å². The average molecular weight is 250 g/mol. The number of hydrogen-bond donors (Lipinski definition) is 2. The lowest BCUT2D eigenvalue weighted by atomic mass is 9.79. The predicted molar refractivity (Wildman–Crippen MR) is 71.7 cm³/mol. The van der Waals surface area contributed by atoms with E-state index in [0.29, 0.717) is 0 Å². The van der Waals surface area contributed by atoms with E-state index in [1.165, 1.54) is 0 Å². The lowest BCUT2D eigenvalue weighted by Gasteiger charge is -2.37. The number of nitrogens with zero attached hydrogens (tertiary/aromatic N) is 2. The van der Waals surface area contributed by atoms with Gasteiger partial charge in [-0.25, -0.2) is 9.97 Å². The van der Waals surface area contributed by atoms with E-state index < -0.39 is 0 Å². The van der Waals surface area contributed by atoms with Gasteiger partial charge in [0.05, 0.1) is 6.61 Å². The van der Waals surface area contributed by atoms with Crippen LogP contribution in [0.25, 0.3) is 0 Å². The highest BCUT2D eigenvalue weighted by Gasteiger charge is 2.31. The fraction of sp³-hybridized carbons (Fsp3) is 0.692. The molecule has 1 aliphatic heterocycles. The van der Waals surface area contributed by atoms with Crippen molar-refractivity contribution in [1.82, 2.24) is 15.3 Å². The van der Waals surface area contributed by atoms with E-state index in [9.17, 15) is 0 Å². The number of rotatable bonds is 5. The van der Waals surface area contributed by atoms with Gasteiger partial charge in [-0.15, -0.1) is 0 Å². The molecule has 5 nitrogen and oxygen atoms in total. The molecule has 2 rings (SSSR count). The van der Waals surface area contributed by atoms with E-state index in [0.717, 1.165) is 50.6 Å². The molecule has 0 unspecified atom stereocenters. The van der Waals surface area contributed by atoms with E-state index in [2.05, 4.69) is 20.6 Å². The van der Waals surface area contributed by atoms with Crippen LogP contribution in [0.15, 0.2) is 12.4 Å². The Hall–Kier alpha value is -1.20. The van der Waals surface area contributed by atoms with Crippen LogP contribution in [0.2, 0.25) is 0 Å². The van der Waals surface area contributed by atoms with Crippen LogP contribution in [-0.4, -0.2) is 43.3 Å². The summed E-state index contributed by atoms with van der Waals surface area (Å²) in [6.07, 6.45) is 3.87. The summed E-state index contributed by atoms with van der Waals surface area (Å²) in [7, 11) is 1.78. The highest BCUT2D eigenvalue weighted by atomic mass is 16.5. The Morgan fingerprint density at radius 2 is 2.17 bits per heavy atom. The maximum atomic E-state index is 5.40. The molecule has 1 saturated heterocycles. The standard InChI is InChI=1S/C13H22N4O/c1-11-7-12(17-10-16-11)15-8-13(9-18-2)3-5-14-6-4-13/h7,10,14H,3-6,8-9H2,1-2H3,(H,15,16,17). The summed E-state index contributed by atoms with van der Waals surface area (Å²) in [5, 5.41) is 6.82. The quantitative estimate of drug-likeness (QED) is 0.822. The number of aryl methyl sites for hydroxylation is 1. The molecular weight excluding hydrogens is 228 g/mol. The largest absolute Gasteiger partial charge is 0.384 e. The minimum atomic E-state index is 0.221. The zero-order chi connectivity index (χ0) is 12.8. The van der Waals surface area contributed by atoms with Gasteiger partial charge in [-0.3, -0.25) is 0 Å². The van der Waals surface area contributed by atoms with Gasteiger partial charge in [0.25, 0.3) is 0 Å². The van der Waals surface area contributed by atoms with Crippen molar-refractivity contribution in [3.05, 3.63) is 18.1 Å². The molecule has 1 aromatic rings. The second kappa shape index (κ2) is 6.11. The summed E-state index contributed by atoms with van der Waals surface area (Å²) in [5.41, 5.74) is 1.21. The third-order valence-corrected chi connectivity index (χ3v) is 3.56. The Kier molecular flexibility index (Phi) is 4.49. The topological polar surface area (TPSA) is 59.1 Å². The first kappa shape index (κ1) is 13.2. The number of piperidine rings is 1. The molecule has 1 aromatic heterocycles. The molecule has 0 atom stereocenters. The van der Waals surface area contributed by atoms with E-state index in [1.807, 2.05) is 13.0 Å². The highest BCUT2D eigenvalue weighted by Crippen LogP contribution is 2.29. The minimum Gasteiger partial charge on any atom is -0.384 e. The van der Waals surface area contributed by atoms with Crippen molar-refractivity contribution in [3.63, 3.8) is 0 Å². The smallest absolute Gasteiger partial charge is 0.129 e. The van der Waals surface area contributed by atoms with E-state index >= 15 is 0 Å². The number of methoxy groups -OCH3 is 1. The Balaban J connectivity index is 1.96. The van der Waals surface area contributed by atoms with Crippen LogP contribution in [-0.2, 0) is 4.74 Å². The maximum Gasteiger partial charge on any atom is 0.129 e. The molecule has 5 heteroatoms. The monoisotopic (exact) mass is 250 g/mol. The van der Waals surface area contributed by atoms with Crippen LogP contribution >= 0.6 is 0 Å². The molecule has 18 heavy (non-hydrogen) atoms. The molecule has 0 radical (unpaired) electrons. The summed E-state index contributed by atoms with van der Waals surface area (Å²) in [6, 6.07) is 1.97. The van der Waals surface area contributed by atoms with Crippen molar-refractivity contribution in [3.8, 4) is 0 Å². The fourth-order valence-electron chi connectivity index (χ4n) is 2.46. The molecule has 100 valence electrons. The van der Waals surface area contributed by atoms with Crippen LogP contribution in [0, 0.1) is 12.3 Å². The van der Waals surface area contributed by atoms with Gasteiger partial charge in [0, 0.05) is 30.8 Å². The number of aromatic nitrogens is 2. The van der Waals surface area contributed by atoms with Crippen molar-refractivity contribution in [2.24, 2.45) is 5.41 Å². The second-order valence-electron chi connectivity index (χ2n) is 5.08. The lowest BCUT2D eigenvalue weighted by Crippen LogP contribution is -2.44. The summed E-state index contributed by atoms with van der Waals surface area (Å²) in [6.45, 7) is 5.80. The molecule has 0 saturated carbocycles. The van der Waals surface area contributed by atoms with Crippen molar-refractivity contribution >= 4 is 5.82 Å². The van der Waals surface area contributed by atoms with Crippen LogP contribution in [0.5, 0.6) is 0 Å². The van der Waals surface area contributed by atoms with Crippen LogP contribution in [0.3, 0.4) is 0 Å². The fourth-order valence-corrected chi connectivity index (χ4v) is 2.46. The van der Waals surface area contributed by atoms with Gasteiger partial charge < -0.3 is 15.4 Å². The van der Waals surface area contributed by atoms with Gasteiger partial charge in [-0.2, -0.15) is 0 Å². The van der Waals surface area contributed by atoms with Gasteiger partial charge in [0.15, 0.2) is 0 Å². The van der Waals surface area contributed by atoms with E-state index in [-0.39, 0.29) is 5.41 Å². The molecule has 0 spiro atoms. The Morgan fingerprint density at radius 1 is 1.39 bits per heavy atom. The number of ether oxygens (including phenoxy) is 1. The van der Waals surface area contributed by atoms with Crippen molar-refractivity contribution in [2.45, 2.75) is 19.8 Å². The molecule has 0 aliphatic carbocycles. The zero-order valence-corrected chi connectivity index (χ0v) is 11.2. The summed E-state index contributed by atoms with van der Waals surface area (Å²) in [4.78, 5) is 8.34. The van der Waals surface area contributed by atoms with E-state index in [1.54, 1.807) is 13.4 Å². The summed E-state index contributed by atoms with van der Waals surface area (Å²) < 4.78 is 5.40. The molecule has 0 amide bonds. The van der Waals surface area contributed by atoms with Crippen LogP contribution < -0.4 is 10.6 Å². The van der Waals surface area contributed by atoms with Gasteiger partial charge in [-0.05, 0) is 32.9 Å². The van der Waals surface area contributed by atoms with Gasteiger partial charge in [0.2, 0.25) is 0 Å². The first-order chi connectivity index (χ1) is 8.74. The average Bonchev–Trinajstić information content (AvgIpc) is 2.38. The molecule has 1 aliphatic rings. The number of hydrogen-bond acceptors (Lipinski definition) is 5. The van der Waals surface area contributed by atoms with Crippen molar-refractivity contribution in [2.75, 3.05) is 38.7 Å². The Labute approximate surface area is 108 Å². The first-order valence-corrected chi connectivity index (χ1v) is 6.46. The van der Waals surface area contributed by atoms with E-state index in [4.69, 9.17) is 4.74 Å². The first-order valence-electron chi connectivity index (χ1n) is 6.46. The Morgan fingerprint density at radius 3 is 2.83 bits per heavy atom. The minimum absolute atomic E-state index is 0.221. The van der Waals surface area contributed by atoms with Crippen LogP contribution in [0.4, 0.5) is 5.82 Å². The van der Waals surface area contributed by atoms with Crippen molar-refractivity contribution in [1.29, 1.82) is 0 Å². The van der Waals surface area contributed by atoms with Crippen LogP contribution in [0.1, 0.15) is 18.5 Å². The summed E-state index contributed by atoms with van der Waals surface area (Å²) in [5.74, 6) is 0.900.